The van der Waals surface area contributed by atoms with E-state index >= 15 is 0 Å². The lowest BCUT2D eigenvalue weighted by Gasteiger charge is -2.46. The van der Waals surface area contributed by atoms with Gasteiger partial charge in [-0.2, -0.15) is 0 Å². The first-order chi connectivity index (χ1) is 16.9. The number of aromatic nitrogens is 1. The Balaban J connectivity index is 1.78. The first-order valence-corrected chi connectivity index (χ1v) is 12.8. The largest absolute Gasteiger partial charge is 0.450 e. The molecule has 2 aromatic rings. The average Bonchev–Trinajstić information content (AvgIpc) is 3.32. The summed E-state index contributed by atoms with van der Waals surface area (Å²) in [7, 11) is 0. The van der Waals surface area contributed by atoms with Crippen molar-refractivity contribution in [3.8, 4) is 0 Å². The van der Waals surface area contributed by atoms with Gasteiger partial charge in [0.25, 0.3) is 5.91 Å². The number of thiol groups is 1. The van der Waals surface area contributed by atoms with E-state index in [1.807, 2.05) is 52.0 Å². The molecule has 3 amide bonds. The monoisotopic (exact) mass is 515 g/mol. The number of fused-ring (bicyclic) bond motifs is 1. The van der Waals surface area contributed by atoms with Crippen LogP contribution in [0.25, 0.3) is 10.8 Å². The van der Waals surface area contributed by atoms with Crippen molar-refractivity contribution in [2.75, 3.05) is 18.9 Å². The van der Waals surface area contributed by atoms with Gasteiger partial charge >= 0.3 is 6.09 Å². The van der Waals surface area contributed by atoms with Gasteiger partial charge in [-0.15, -0.1) is 12.6 Å². The van der Waals surface area contributed by atoms with E-state index in [-0.39, 0.29) is 18.4 Å². The normalized spacial score (nSPS) is 17.6. The minimum Gasteiger partial charge on any atom is -0.450 e. The molecule has 1 saturated heterocycles. The molecular formula is C26H37N5O4S. The van der Waals surface area contributed by atoms with Crippen molar-refractivity contribution in [3.63, 3.8) is 0 Å². The highest BCUT2D eigenvalue weighted by Crippen LogP contribution is 2.43. The molecule has 2 atom stereocenters. The number of rotatable bonds is 8. The highest BCUT2D eigenvalue weighted by molar-refractivity contribution is 7.82. The molecule has 2 heterocycles. The SMILES string of the molecule is CCOC(=O)N[C@](S)(C(=O)N1CCC[C@H]1C(=O)NCc1ccc2c(N)nccc2c1)C(C)(C)C(C)C. The molecule has 0 radical (unpaired) electrons. The molecule has 0 aliphatic carbocycles. The third-order valence-electron chi connectivity index (χ3n) is 7.39. The Bertz CT molecular complexity index is 1140. The molecule has 10 heteroatoms. The van der Waals surface area contributed by atoms with Crippen molar-refractivity contribution in [2.24, 2.45) is 11.3 Å². The zero-order valence-electron chi connectivity index (χ0n) is 21.6. The summed E-state index contributed by atoms with van der Waals surface area (Å²) >= 11 is 4.75. The molecular weight excluding hydrogens is 478 g/mol. The first kappa shape index (κ1) is 27.6. The second-order valence-electron chi connectivity index (χ2n) is 10.1. The molecule has 1 aromatic heterocycles. The summed E-state index contributed by atoms with van der Waals surface area (Å²) in [6.07, 6.45) is 2.14. The van der Waals surface area contributed by atoms with E-state index in [0.717, 1.165) is 16.3 Å². The highest BCUT2D eigenvalue weighted by atomic mass is 32.1. The van der Waals surface area contributed by atoms with Crippen LogP contribution in [0.5, 0.6) is 0 Å². The van der Waals surface area contributed by atoms with E-state index in [1.54, 1.807) is 13.1 Å². The van der Waals surface area contributed by atoms with Crippen LogP contribution in [-0.2, 0) is 20.9 Å². The van der Waals surface area contributed by atoms with E-state index in [9.17, 15) is 14.4 Å². The zero-order valence-corrected chi connectivity index (χ0v) is 22.5. The molecule has 196 valence electrons. The molecule has 4 N–H and O–H groups in total. The van der Waals surface area contributed by atoms with Gasteiger partial charge in [0.05, 0.1) is 6.61 Å². The highest BCUT2D eigenvalue weighted by Gasteiger charge is 2.55. The number of likely N-dealkylation sites (tertiary alicyclic amines) is 1. The molecule has 1 fully saturated rings. The smallest absolute Gasteiger partial charge is 0.408 e. The number of alkyl carbamates (subject to hydrolysis) is 1. The van der Waals surface area contributed by atoms with Crippen LogP contribution in [0.4, 0.5) is 10.6 Å². The number of carbonyl (C=O) groups is 3. The molecule has 1 aliphatic heterocycles. The van der Waals surface area contributed by atoms with Crippen LogP contribution >= 0.6 is 12.6 Å². The van der Waals surface area contributed by atoms with Crippen LogP contribution < -0.4 is 16.4 Å². The number of amides is 3. The lowest BCUT2D eigenvalue weighted by atomic mass is 9.73. The van der Waals surface area contributed by atoms with Gasteiger partial charge in [0.2, 0.25) is 5.91 Å². The van der Waals surface area contributed by atoms with E-state index < -0.39 is 28.3 Å². The summed E-state index contributed by atoms with van der Waals surface area (Å²) in [5, 5.41) is 7.45. The number of nitrogens with one attached hydrogen (secondary N) is 2. The number of hydrogen-bond donors (Lipinski definition) is 4. The number of hydrogen-bond acceptors (Lipinski definition) is 7. The van der Waals surface area contributed by atoms with Gasteiger partial charge in [-0.1, -0.05) is 39.8 Å². The summed E-state index contributed by atoms with van der Waals surface area (Å²) in [5.74, 6) is -0.208. The predicted molar refractivity (Wildman–Crippen MR) is 143 cm³/mol. The standard InChI is InChI=1S/C26H37N5O4S/c1-6-35-24(34)30-26(36,25(4,5)16(2)3)23(33)31-13-7-8-20(31)22(32)29-15-17-9-10-19-18(14-17)11-12-28-21(19)27/h9-12,14,16,20,36H,6-8,13,15H2,1-5H3,(H2,27,28)(H,29,32)(H,30,34)/t20-,26-/m0/s1. The van der Waals surface area contributed by atoms with Crippen molar-refractivity contribution in [1.29, 1.82) is 0 Å². The lowest BCUT2D eigenvalue weighted by Crippen LogP contribution is -2.66. The Morgan fingerprint density at radius 1 is 1.28 bits per heavy atom. The number of nitrogens with two attached hydrogens (primary N) is 1. The fraction of sp³-hybridized carbons (Fsp3) is 0.538. The molecule has 1 aromatic carbocycles. The molecule has 1 aliphatic rings. The van der Waals surface area contributed by atoms with Crippen molar-refractivity contribution in [2.45, 2.75) is 64.9 Å². The average molecular weight is 516 g/mol. The third-order valence-corrected chi connectivity index (χ3v) is 8.27. The Morgan fingerprint density at radius 3 is 2.67 bits per heavy atom. The minimum atomic E-state index is -1.57. The minimum absolute atomic E-state index is 0.00658. The summed E-state index contributed by atoms with van der Waals surface area (Å²) in [6.45, 7) is 10.2. The van der Waals surface area contributed by atoms with Crippen LogP contribution in [0.2, 0.25) is 0 Å². The number of nitrogens with zero attached hydrogens (tertiary/aromatic N) is 2. The van der Waals surface area contributed by atoms with Crippen molar-refractivity contribution in [3.05, 3.63) is 36.0 Å². The summed E-state index contributed by atoms with van der Waals surface area (Å²) in [4.78, 5) is 43.6. The summed E-state index contributed by atoms with van der Waals surface area (Å²) in [6, 6.07) is 6.95. The molecule has 3 rings (SSSR count). The van der Waals surface area contributed by atoms with Crippen LogP contribution in [0, 0.1) is 11.3 Å². The second-order valence-corrected chi connectivity index (χ2v) is 10.7. The van der Waals surface area contributed by atoms with Gasteiger partial charge in [0.1, 0.15) is 11.9 Å². The summed E-state index contributed by atoms with van der Waals surface area (Å²) < 4.78 is 5.06. The molecule has 0 spiro atoms. The maximum Gasteiger partial charge on any atom is 0.408 e. The second kappa shape index (κ2) is 10.9. The Hall–Kier alpha value is -3.01. The molecule has 9 nitrogen and oxygen atoms in total. The van der Waals surface area contributed by atoms with Crippen LogP contribution in [0.15, 0.2) is 30.5 Å². The molecule has 0 bridgehead atoms. The number of nitrogen functional groups attached to an aromatic ring is 1. The number of benzene rings is 1. The van der Waals surface area contributed by atoms with Gasteiger partial charge in [0, 0.05) is 30.1 Å². The Labute approximate surface area is 217 Å². The lowest BCUT2D eigenvalue weighted by molar-refractivity contribution is -0.144. The third kappa shape index (κ3) is 5.38. The van der Waals surface area contributed by atoms with Crippen LogP contribution in [0.3, 0.4) is 0 Å². The molecule has 0 unspecified atom stereocenters. The van der Waals surface area contributed by atoms with Gasteiger partial charge in [-0.3, -0.25) is 14.9 Å². The molecule has 0 saturated carbocycles. The van der Waals surface area contributed by atoms with Crippen molar-refractivity contribution in [1.82, 2.24) is 20.5 Å². The maximum atomic E-state index is 13.9. The van der Waals surface area contributed by atoms with Gasteiger partial charge in [-0.05, 0) is 48.8 Å². The first-order valence-electron chi connectivity index (χ1n) is 12.3. The van der Waals surface area contributed by atoms with E-state index in [1.165, 1.54) is 4.90 Å². The van der Waals surface area contributed by atoms with Crippen LogP contribution in [0.1, 0.15) is 53.0 Å². The maximum absolute atomic E-state index is 13.9. The van der Waals surface area contributed by atoms with Crippen LogP contribution in [-0.4, -0.2) is 51.9 Å². The number of pyridine rings is 1. The predicted octanol–water partition coefficient (Wildman–Crippen LogP) is 3.48. The fourth-order valence-electron chi connectivity index (χ4n) is 4.38. The molecule has 36 heavy (non-hydrogen) atoms. The zero-order chi connectivity index (χ0) is 26.7. The Kier molecular flexibility index (Phi) is 8.38. The number of ether oxygens (including phenoxy) is 1. The number of anilines is 1. The fourth-order valence-corrected chi connectivity index (χ4v) is 4.86. The Morgan fingerprint density at radius 2 is 2.00 bits per heavy atom. The van der Waals surface area contributed by atoms with Crippen molar-refractivity contribution < 1.29 is 19.1 Å². The van der Waals surface area contributed by atoms with Gasteiger partial charge in [-0.25, -0.2) is 9.78 Å². The van der Waals surface area contributed by atoms with Gasteiger partial charge in [0.15, 0.2) is 4.87 Å². The van der Waals surface area contributed by atoms with E-state index in [2.05, 4.69) is 15.6 Å². The van der Waals surface area contributed by atoms with E-state index in [4.69, 9.17) is 23.1 Å². The van der Waals surface area contributed by atoms with E-state index in [0.29, 0.717) is 31.7 Å². The topological polar surface area (TPSA) is 127 Å². The van der Waals surface area contributed by atoms with Crippen molar-refractivity contribution >= 4 is 47.1 Å². The quantitative estimate of drug-likeness (QED) is 0.315. The summed E-state index contributed by atoms with van der Waals surface area (Å²) in [5.41, 5.74) is 6.09. The number of carbonyl (C=O) groups excluding carboxylic acids is 3. The van der Waals surface area contributed by atoms with Gasteiger partial charge < -0.3 is 20.7 Å².